The van der Waals surface area contributed by atoms with Gasteiger partial charge in [-0.05, 0) is 30.5 Å². The lowest BCUT2D eigenvalue weighted by Crippen LogP contribution is -2.10. The van der Waals surface area contributed by atoms with Crippen LogP contribution in [0.1, 0.15) is 43.4 Å². The van der Waals surface area contributed by atoms with Crippen LogP contribution in [0.3, 0.4) is 0 Å². The first-order valence-corrected chi connectivity index (χ1v) is 5.59. The van der Waals surface area contributed by atoms with E-state index in [2.05, 4.69) is 26.0 Å². The van der Waals surface area contributed by atoms with Crippen molar-refractivity contribution in [3.05, 3.63) is 29.3 Å². The van der Waals surface area contributed by atoms with E-state index in [9.17, 15) is 0 Å². The molecular formula is C13H21NO. The summed E-state index contributed by atoms with van der Waals surface area (Å²) >= 11 is 0. The second kappa shape index (κ2) is 5.76. The van der Waals surface area contributed by atoms with Crippen molar-refractivity contribution in [2.75, 3.05) is 7.11 Å². The Kier molecular flexibility index (Phi) is 4.63. The third-order valence-corrected chi connectivity index (χ3v) is 2.72. The molecule has 0 radical (unpaired) electrons. The lowest BCUT2D eigenvalue weighted by atomic mass is 10.00. The largest absolute Gasteiger partial charge is 0.496 e. The number of rotatable bonds is 5. The van der Waals surface area contributed by atoms with Gasteiger partial charge < -0.3 is 10.5 Å². The minimum Gasteiger partial charge on any atom is -0.496 e. The minimum absolute atomic E-state index is 0.162. The summed E-state index contributed by atoms with van der Waals surface area (Å²) in [5.74, 6) is 0.932. The molecule has 1 aromatic rings. The Hall–Kier alpha value is -1.02. The maximum absolute atomic E-state index is 6.10. The van der Waals surface area contributed by atoms with E-state index < -0.39 is 0 Å². The average molecular weight is 207 g/mol. The molecule has 1 rings (SSSR count). The molecule has 0 aliphatic carbocycles. The molecule has 0 aromatic heterocycles. The fourth-order valence-electron chi connectivity index (χ4n) is 1.72. The SMILES string of the molecule is CCCC[C@@H](N)c1ccc(OC)c(C)c1. The van der Waals surface area contributed by atoms with Crippen molar-refractivity contribution in [2.45, 2.75) is 39.2 Å². The maximum atomic E-state index is 6.10. The van der Waals surface area contributed by atoms with Gasteiger partial charge in [-0.1, -0.05) is 31.9 Å². The van der Waals surface area contributed by atoms with Crippen molar-refractivity contribution >= 4 is 0 Å². The zero-order valence-electron chi connectivity index (χ0n) is 9.92. The van der Waals surface area contributed by atoms with E-state index in [0.717, 1.165) is 17.7 Å². The summed E-state index contributed by atoms with van der Waals surface area (Å²) in [6, 6.07) is 6.34. The Balaban J connectivity index is 2.73. The molecule has 0 aliphatic heterocycles. The Morgan fingerprint density at radius 2 is 2.13 bits per heavy atom. The van der Waals surface area contributed by atoms with Crippen molar-refractivity contribution < 1.29 is 4.74 Å². The predicted molar refractivity (Wildman–Crippen MR) is 64.2 cm³/mol. The molecule has 0 aliphatic rings. The molecule has 0 spiro atoms. The molecule has 0 heterocycles. The summed E-state index contributed by atoms with van der Waals surface area (Å²) < 4.78 is 5.22. The molecule has 0 bridgehead atoms. The molecule has 1 aromatic carbocycles. The highest BCUT2D eigenvalue weighted by atomic mass is 16.5. The molecule has 2 heteroatoms. The third kappa shape index (κ3) is 3.24. The van der Waals surface area contributed by atoms with E-state index in [1.54, 1.807) is 7.11 Å². The first kappa shape index (κ1) is 12.1. The molecule has 0 unspecified atom stereocenters. The predicted octanol–water partition coefficient (Wildman–Crippen LogP) is 3.19. The lowest BCUT2D eigenvalue weighted by molar-refractivity contribution is 0.411. The van der Waals surface area contributed by atoms with Gasteiger partial charge >= 0.3 is 0 Å². The normalized spacial score (nSPS) is 12.5. The number of hydrogen-bond acceptors (Lipinski definition) is 2. The van der Waals surface area contributed by atoms with Crippen LogP contribution in [0.15, 0.2) is 18.2 Å². The van der Waals surface area contributed by atoms with Crippen molar-refractivity contribution in [1.82, 2.24) is 0 Å². The van der Waals surface area contributed by atoms with E-state index in [0.29, 0.717) is 0 Å². The molecule has 0 amide bonds. The average Bonchev–Trinajstić information content (AvgIpc) is 2.25. The van der Waals surface area contributed by atoms with Gasteiger partial charge in [0.25, 0.3) is 0 Å². The topological polar surface area (TPSA) is 35.2 Å². The smallest absolute Gasteiger partial charge is 0.121 e. The highest BCUT2D eigenvalue weighted by molar-refractivity contribution is 5.37. The van der Waals surface area contributed by atoms with Crippen LogP contribution in [-0.4, -0.2) is 7.11 Å². The Bertz CT molecular complexity index is 309. The summed E-state index contributed by atoms with van der Waals surface area (Å²) in [6.45, 7) is 4.24. The number of methoxy groups -OCH3 is 1. The van der Waals surface area contributed by atoms with Gasteiger partial charge in [-0.25, -0.2) is 0 Å². The molecule has 0 fully saturated rings. The van der Waals surface area contributed by atoms with Crippen molar-refractivity contribution in [3.63, 3.8) is 0 Å². The monoisotopic (exact) mass is 207 g/mol. The molecule has 2 nitrogen and oxygen atoms in total. The molecule has 0 saturated carbocycles. The van der Waals surface area contributed by atoms with E-state index in [1.807, 2.05) is 6.07 Å². The molecule has 0 saturated heterocycles. The first-order valence-electron chi connectivity index (χ1n) is 5.59. The summed E-state index contributed by atoms with van der Waals surface area (Å²) in [6.07, 6.45) is 3.44. The highest BCUT2D eigenvalue weighted by Gasteiger charge is 2.07. The fraction of sp³-hybridized carbons (Fsp3) is 0.538. The van der Waals surface area contributed by atoms with Crippen LogP contribution in [0.25, 0.3) is 0 Å². The second-order valence-corrected chi connectivity index (χ2v) is 3.98. The van der Waals surface area contributed by atoms with Gasteiger partial charge in [0.2, 0.25) is 0 Å². The summed E-state index contributed by atoms with van der Waals surface area (Å²) in [5.41, 5.74) is 8.47. The van der Waals surface area contributed by atoms with Gasteiger partial charge in [-0.3, -0.25) is 0 Å². The molecule has 84 valence electrons. The maximum Gasteiger partial charge on any atom is 0.121 e. The number of unbranched alkanes of at least 4 members (excludes halogenated alkanes) is 1. The van der Waals surface area contributed by atoms with Crippen LogP contribution in [0, 0.1) is 6.92 Å². The summed E-state index contributed by atoms with van der Waals surface area (Å²) in [4.78, 5) is 0. The minimum atomic E-state index is 0.162. The van der Waals surface area contributed by atoms with Crippen LogP contribution in [0.5, 0.6) is 5.75 Å². The van der Waals surface area contributed by atoms with Gasteiger partial charge in [0.15, 0.2) is 0 Å². The van der Waals surface area contributed by atoms with Gasteiger partial charge in [0.05, 0.1) is 7.11 Å². The summed E-state index contributed by atoms with van der Waals surface area (Å²) in [7, 11) is 1.69. The van der Waals surface area contributed by atoms with E-state index in [4.69, 9.17) is 10.5 Å². The number of hydrogen-bond donors (Lipinski definition) is 1. The Morgan fingerprint density at radius 1 is 1.40 bits per heavy atom. The van der Waals surface area contributed by atoms with Gasteiger partial charge in [0.1, 0.15) is 5.75 Å². The van der Waals surface area contributed by atoms with Gasteiger partial charge in [0, 0.05) is 6.04 Å². The van der Waals surface area contributed by atoms with Crippen LogP contribution in [0.2, 0.25) is 0 Å². The van der Waals surface area contributed by atoms with E-state index in [-0.39, 0.29) is 6.04 Å². The number of benzene rings is 1. The van der Waals surface area contributed by atoms with E-state index >= 15 is 0 Å². The van der Waals surface area contributed by atoms with Crippen molar-refractivity contribution in [3.8, 4) is 5.75 Å². The van der Waals surface area contributed by atoms with Gasteiger partial charge in [-0.15, -0.1) is 0 Å². The molecule has 15 heavy (non-hydrogen) atoms. The van der Waals surface area contributed by atoms with Crippen LogP contribution in [-0.2, 0) is 0 Å². The molecular weight excluding hydrogens is 186 g/mol. The van der Waals surface area contributed by atoms with Crippen LogP contribution < -0.4 is 10.5 Å². The number of aryl methyl sites for hydroxylation is 1. The van der Waals surface area contributed by atoms with Gasteiger partial charge in [-0.2, -0.15) is 0 Å². The van der Waals surface area contributed by atoms with Crippen LogP contribution in [0.4, 0.5) is 0 Å². The standard InChI is InChI=1S/C13H21NO/c1-4-5-6-12(14)11-7-8-13(15-3)10(2)9-11/h7-9,12H,4-6,14H2,1-3H3/t12-/m1/s1. The Morgan fingerprint density at radius 3 is 2.67 bits per heavy atom. The lowest BCUT2D eigenvalue weighted by Gasteiger charge is -2.13. The number of nitrogens with two attached hydrogens (primary N) is 1. The van der Waals surface area contributed by atoms with Crippen LogP contribution >= 0.6 is 0 Å². The zero-order valence-corrected chi connectivity index (χ0v) is 9.92. The first-order chi connectivity index (χ1) is 7.19. The molecule has 2 N–H and O–H groups in total. The summed E-state index contributed by atoms with van der Waals surface area (Å²) in [5, 5.41) is 0. The Labute approximate surface area is 92.4 Å². The fourth-order valence-corrected chi connectivity index (χ4v) is 1.72. The quantitative estimate of drug-likeness (QED) is 0.804. The highest BCUT2D eigenvalue weighted by Crippen LogP contribution is 2.23. The zero-order chi connectivity index (χ0) is 11.3. The van der Waals surface area contributed by atoms with Crippen molar-refractivity contribution in [2.24, 2.45) is 5.73 Å². The third-order valence-electron chi connectivity index (χ3n) is 2.72. The second-order valence-electron chi connectivity index (χ2n) is 3.98. The van der Waals surface area contributed by atoms with E-state index in [1.165, 1.54) is 18.4 Å². The van der Waals surface area contributed by atoms with Crippen molar-refractivity contribution in [1.29, 1.82) is 0 Å². The molecule has 1 atom stereocenters. The number of ether oxygens (including phenoxy) is 1.